The van der Waals surface area contributed by atoms with Crippen LogP contribution in [0.3, 0.4) is 0 Å². The Labute approximate surface area is 194 Å². The number of phenols is 2. The minimum atomic E-state index is -0.566. The Bertz CT molecular complexity index is 975. The van der Waals surface area contributed by atoms with Gasteiger partial charge in [0, 0.05) is 11.1 Å². The minimum Gasteiger partial charge on any atom is -0.506 e. The molecule has 0 spiro atoms. The molecule has 32 heavy (non-hydrogen) atoms. The summed E-state index contributed by atoms with van der Waals surface area (Å²) in [5.41, 5.74) is 5.59. The fraction of sp³-hybridized carbons (Fsp3) is 0.273. The zero-order valence-electron chi connectivity index (χ0n) is 17.0. The fourth-order valence-electron chi connectivity index (χ4n) is 3.53. The average Bonchev–Trinajstić information content (AvgIpc) is 2.79. The van der Waals surface area contributed by atoms with Gasteiger partial charge in [-0.15, -0.1) is 0 Å². The third kappa shape index (κ3) is 5.77. The van der Waals surface area contributed by atoms with E-state index in [4.69, 9.17) is 23.2 Å². The predicted molar refractivity (Wildman–Crippen MR) is 123 cm³/mol. The van der Waals surface area contributed by atoms with Crippen molar-refractivity contribution in [2.45, 2.75) is 25.7 Å². The van der Waals surface area contributed by atoms with E-state index in [1.807, 2.05) is 0 Å². The summed E-state index contributed by atoms with van der Waals surface area (Å²) in [6.45, 7) is 0. The number of rotatable bonds is 6. The lowest BCUT2D eigenvalue weighted by Crippen LogP contribution is -2.41. The van der Waals surface area contributed by atoms with Crippen molar-refractivity contribution in [1.29, 1.82) is 0 Å². The van der Waals surface area contributed by atoms with Crippen molar-refractivity contribution < 1.29 is 19.8 Å². The molecule has 0 bridgehead atoms. The van der Waals surface area contributed by atoms with E-state index < -0.39 is 11.8 Å². The van der Waals surface area contributed by atoms with Gasteiger partial charge in [-0.1, -0.05) is 48.2 Å². The number of hydrogen-bond acceptors (Lipinski definition) is 6. The molecule has 1 saturated carbocycles. The molecule has 1 aliphatic rings. The van der Waals surface area contributed by atoms with Gasteiger partial charge < -0.3 is 10.2 Å². The smallest absolute Gasteiger partial charge is 0.243 e. The van der Waals surface area contributed by atoms with E-state index in [0.717, 1.165) is 12.8 Å². The lowest BCUT2D eigenvalue weighted by atomic mass is 9.78. The molecule has 1 fully saturated rings. The number of hydrazone groups is 2. The molecule has 2 atom stereocenters. The van der Waals surface area contributed by atoms with Crippen LogP contribution in [0.2, 0.25) is 10.0 Å². The first-order chi connectivity index (χ1) is 15.4. The Kier molecular flexibility index (Phi) is 8.08. The number of carbonyl (C=O) groups excluding carboxylic acids is 2. The maximum Gasteiger partial charge on any atom is 0.243 e. The standard InChI is InChI=1S/C22H22Cl2N4O4/c23-17-9-3-5-13(19(17)29)11-25-27-21(31)15-7-1-2-8-16(15)22(32)28-26-12-14-6-4-10-18(24)20(14)30/h3-6,9-12,15-16,29-30H,1-2,7-8H2,(H,27,31)(H,28,32)/b25-11+,26-12+/t15-,16-/m1/s1. The Morgan fingerprint density at radius 2 is 1.22 bits per heavy atom. The lowest BCUT2D eigenvalue weighted by Gasteiger charge is -2.28. The van der Waals surface area contributed by atoms with Crippen LogP contribution in [-0.2, 0) is 9.59 Å². The van der Waals surface area contributed by atoms with Gasteiger partial charge in [0.1, 0.15) is 11.5 Å². The van der Waals surface area contributed by atoms with Gasteiger partial charge >= 0.3 is 0 Å². The number of para-hydroxylation sites is 2. The number of halogens is 2. The first-order valence-corrected chi connectivity index (χ1v) is 10.7. The quantitative estimate of drug-likeness (QED) is 0.373. The molecule has 2 aromatic rings. The summed E-state index contributed by atoms with van der Waals surface area (Å²) >= 11 is 11.7. The number of amides is 2. The molecule has 8 nitrogen and oxygen atoms in total. The number of carbonyl (C=O) groups is 2. The van der Waals surface area contributed by atoms with Crippen molar-refractivity contribution in [2.24, 2.45) is 22.0 Å². The molecule has 1 aliphatic carbocycles. The van der Waals surface area contributed by atoms with Crippen LogP contribution < -0.4 is 10.9 Å². The van der Waals surface area contributed by atoms with Gasteiger partial charge in [-0.05, 0) is 37.1 Å². The van der Waals surface area contributed by atoms with Gasteiger partial charge in [0.05, 0.1) is 34.3 Å². The summed E-state index contributed by atoms with van der Waals surface area (Å²) in [6, 6.07) is 9.57. The van der Waals surface area contributed by atoms with Crippen molar-refractivity contribution in [3.63, 3.8) is 0 Å². The number of benzene rings is 2. The second kappa shape index (κ2) is 11.0. The SMILES string of the molecule is O=C(N/N=C/c1cccc(Cl)c1O)[C@@H]1CCCC[C@H]1C(=O)N/N=C/c1cccc(Cl)c1O. The molecule has 0 radical (unpaired) electrons. The highest BCUT2D eigenvalue weighted by Crippen LogP contribution is 2.31. The van der Waals surface area contributed by atoms with Crippen LogP contribution in [0.5, 0.6) is 11.5 Å². The highest BCUT2D eigenvalue weighted by atomic mass is 35.5. The van der Waals surface area contributed by atoms with Crippen molar-refractivity contribution in [1.82, 2.24) is 10.9 Å². The number of hydrogen-bond donors (Lipinski definition) is 4. The van der Waals surface area contributed by atoms with E-state index in [1.54, 1.807) is 24.3 Å². The predicted octanol–water partition coefficient (Wildman–Crippen LogP) is 3.81. The maximum atomic E-state index is 12.7. The summed E-state index contributed by atoms with van der Waals surface area (Å²) in [5, 5.41) is 27.9. The zero-order valence-corrected chi connectivity index (χ0v) is 18.5. The first-order valence-electron chi connectivity index (χ1n) is 9.99. The van der Waals surface area contributed by atoms with Gasteiger partial charge in [0.2, 0.25) is 11.8 Å². The van der Waals surface area contributed by atoms with E-state index in [1.165, 1.54) is 24.6 Å². The summed E-state index contributed by atoms with van der Waals surface area (Å²) in [7, 11) is 0. The molecule has 168 valence electrons. The number of nitrogens with one attached hydrogen (secondary N) is 2. The molecule has 0 heterocycles. The minimum absolute atomic E-state index is 0.134. The van der Waals surface area contributed by atoms with Crippen molar-refractivity contribution in [3.8, 4) is 11.5 Å². The van der Waals surface area contributed by atoms with Gasteiger partial charge in [-0.25, -0.2) is 10.9 Å². The first kappa shape index (κ1) is 23.6. The van der Waals surface area contributed by atoms with Crippen LogP contribution >= 0.6 is 23.2 Å². The van der Waals surface area contributed by atoms with E-state index >= 15 is 0 Å². The molecule has 4 N–H and O–H groups in total. The Morgan fingerprint density at radius 1 is 0.812 bits per heavy atom. The van der Waals surface area contributed by atoms with E-state index in [-0.39, 0.29) is 33.4 Å². The van der Waals surface area contributed by atoms with Crippen LogP contribution in [0.25, 0.3) is 0 Å². The van der Waals surface area contributed by atoms with Crippen LogP contribution in [0, 0.1) is 11.8 Å². The fourth-order valence-corrected chi connectivity index (χ4v) is 3.89. The lowest BCUT2D eigenvalue weighted by molar-refractivity contribution is -0.136. The topological polar surface area (TPSA) is 123 Å². The highest BCUT2D eigenvalue weighted by molar-refractivity contribution is 6.32. The highest BCUT2D eigenvalue weighted by Gasteiger charge is 2.35. The molecule has 0 saturated heterocycles. The van der Waals surface area contributed by atoms with E-state index in [9.17, 15) is 19.8 Å². The van der Waals surface area contributed by atoms with E-state index in [2.05, 4.69) is 21.1 Å². The van der Waals surface area contributed by atoms with Gasteiger partial charge in [0.15, 0.2) is 0 Å². The monoisotopic (exact) mass is 476 g/mol. The van der Waals surface area contributed by atoms with Crippen molar-refractivity contribution in [3.05, 3.63) is 57.6 Å². The summed E-state index contributed by atoms with van der Waals surface area (Å²) in [5.74, 6) is -2.18. The van der Waals surface area contributed by atoms with Crippen molar-refractivity contribution in [2.75, 3.05) is 0 Å². The molecule has 0 unspecified atom stereocenters. The third-order valence-corrected chi connectivity index (χ3v) is 5.84. The third-order valence-electron chi connectivity index (χ3n) is 5.23. The number of phenolic OH excluding ortho intramolecular Hbond substituents is 2. The van der Waals surface area contributed by atoms with Crippen molar-refractivity contribution >= 4 is 47.4 Å². The van der Waals surface area contributed by atoms with Gasteiger partial charge in [-0.3, -0.25) is 9.59 Å². The summed E-state index contributed by atoms with van der Waals surface area (Å²) in [6.07, 6.45) is 5.31. The molecule has 3 rings (SSSR count). The molecule has 2 aromatic carbocycles. The summed E-state index contributed by atoms with van der Waals surface area (Å²) in [4.78, 5) is 25.3. The second-order valence-electron chi connectivity index (χ2n) is 7.32. The van der Waals surface area contributed by atoms with Gasteiger partial charge in [-0.2, -0.15) is 10.2 Å². The largest absolute Gasteiger partial charge is 0.506 e. The Hall–Kier alpha value is -3.10. The summed E-state index contributed by atoms with van der Waals surface area (Å²) < 4.78 is 0. The van der Waals surface area contributed by atoms with E-state index in [0.29, 0.717) is 24.0 Å². The van der Waals surface area contributed by atoms with Gasteiger partial charge in [0.25, 0.3) is 0 Å². The second-order valence-corrected chi connectivity index (χ2v) is 8.14. The Balaban J connectivity index is 1.61. The van der Waals surface area contributed by atoms with Crippen LogP contribution in [0.1, 0.15) is 36.8 Å². The molecular weight excluding hydrogens is 455 g/mol. The normalized spacial score (nSPS) is 18.7. The number of nitrogens with zero attached hydrogens (tertiary/aromatic N) is 2. The van der Waals surface area contributed by atoms with Crippen LogP contribution in [0.4, 0.5) is 0 Å². The molecule has 0 aliphatic heterocycles. The number of aromatic hydroxyl groups is 2. The molecule has 2 amide bonds. The zero-order chi connectivity index (χ0) is 23.1. The molecular formula is C22H22Cl2N4O4. The molecule has 0 aromatic heterocycles. The van der Waals surface area contributed by atoms with Crippen LogP contribution in [-0.4, -0.2) is 34.5 Å². The molecule has 10 heteroatoms. The Morgan fingerprint density at radius 3 is 1.62 bits per heavy atom. The van der Waals surface area contributed by atoms with Crippen LogP contribution in [0.15, 0.2) is 46.6 Å². The maximum absolute atomic E-state index is 12.7. The average molecular weight is 477 g/mol.